The van der Waals surface area contributed by atoms with Crippen LogP contribution in [0.25, 0.3) is 11.8 Å². The Bertz CT molecular complexity index is 1890. The number of ether oxygens (including phenoxy) is 2. The van der Waals surface area contributed by atoms with Crippen LogP contribution >= 0.6 is 11.3 Å². The Labute approximate surface area is 239 Å². The molecule has 0 unspecified atom stereocenters. The lowest BCUT2D eigenvalue weighted by Crippen LogP contribution is -2.40. The number of aromatic carboxylic acids is 1. The van der Waals surface area contributed by atoms with E-state index < -0.39 is 18.0 Å². The first kappa shape index (κ1) is 27.9. The van der Waals surface area contributed by atoms with Crippen LogP contribution in [0.4, 0.5) is 0 Å². The highest BCUT2D eigenvalue weighted by Gasteiger charge is 2.35. The number of hydrogen-bond acceptors (Lipinski definition) is 7. The summed E-state index contributed by atoms with van der Waals surface area (Å²) in [5, 5.41) is 9.24. The zero-order valence-electron chi connectivity index (χ0n) is 23.3. The number of methoxy groups -OCH3 is 1. The molecule has 1 aliphatic heterocycles. The van der Waals surface area contributed by atoms with Gasteiger partial charge in [0, 0.05) is 22.6 Å². The number of thiazole rings is 1. The van der Waals surface area contributed by atoms with E-state index in [2.05, 4.69) is 4.99 Å². The van der Waals surface area contributed by atoms with Crippen molar-refractivity contribution < 1.29 is 24.2 Å². The smallest absolute Gasteiger partial charge is 0.338 e. The number of nitrogens with zero attached hydrogens (tertiary/aromatic N) is 3. The predicted molar refractivity (Wildman–Crippen MR) is 156 cm³/mol. The Kier molecular flexibility index (Phi) is 7.51. The van der Waals surface area contributed by atoms with Gasteiger partial charge in [0.05, 0.1) is 35.1 Å². The standard InChI is InChI=1S/C31H29N3O6S/c1-6-40-30(38)26-18(3)32-31-34(27(26)23-9-7-8-10-24(23)39-5)28(35)25(41-31)16-21-15-17(2)33(19(21)4)22-13-11-20(12-14-22)29(36)37/h7-16,27H,6H2,1-5H3,(H,36,37)/b25-16+/t27-/m0/s1. The van der Waals surface area contributed by atoms with E-state index in [1.807, 2.05) is 48.8 Å². The number of carbonyl (C=O) groups excluding carboxylic acids is 1. The first-order valence-electron chi connectivity index (χ1n) is 13.0. The Morgan fingerprint density at radius 2 is 1.80 bits per heavy atom. The molecule has 3 heterocycles. The fraction of sp³-hybridized carbons (Fsp3) is 0.226. The number of esters is 1. The van der Waals surface area contributed by atoms with Crippen LogP contribution in [-0.2, 0) is 9.53 Å². The maximum atomic E-state index is 14.0. The molecule has 0 aliphatic carbocycles. The van der Waals surface area contributed by atoms with Crippen molar-refractivity contribution in [3.8, 4) is 11.4 Å². The lowest BCUT2D eigenvalue weighted by atomic mass is 9.95. The monoisotopic (exact) mass is 571 g/mol. The van der Waals surface area contributed by atoms with Crippen LogP contribution in [0.2, 0.25) is 0 Å². The number of aryl methyl sites for hydroxylation is 1. The van der Waals surface area contributed by atoms with Crippen molar-refractivity contribution in [2.24, 2.45) is 4.99 Å². The molecule has 0 saturated carbocycles. The van der Waals surface area contributed by atoms with Gasteiger partial charge in [0.2, 0.25) is 0 Å². The fourth-order valence-electron chi connectivity index (χ4n) is 5.20. The van der Waals surface area contributed by atoms with Crippen molar-refractivity contribution in [3.63, 3.8) is 0 Å². The van der Waals surface area contributed by atoms with E-state index >= 15 is 0 Å². The average Bonchev–Trinajstić information content (AvgIpc) is 3.41. The highest BCUT2D eigenvalue weighted by molar-refractivity contribution is 7.07. The molecule has 210 valence electrons. The summed E-state index contributed by atoms with van der Waals surface area (Å²) < 4.78 is 15.0. The average molecular weight is 572 g/mol. The zero-order chi connectivity index (χ0) is 29.4. The van der Waals surface area contributed by atoms with Crippen LogP contribution in [0.5, 0.6) is 5.75 Å². The number of hydrogen-bond donors (Lipinski definition) is 1. The molecule has 10 heteroatoms. The number of para-hydroxylation sites is 1. The van der Waals surface area contributed by atoms with E-state index in [1.54, 1.807) is 51.3 Å². The minimum absolute atomic E-state index is 0.188. The zero-order valence-corrected chi connectivity index (χ0v) is 24.1. The largest absolute Gasteiger partial charge is 0.496 e. The van der Waals surface area contributed by atoms with Crippen LogP contribution in [0.15, 0.2) is 75.7 Å². The quantitative estimate of drug-likeness (QED) is 0.337. The van der Waals surface area contributed by atoms with Gasteiger partial charge in [0.15, 0.2) is 4.80 Å². The number of aromatic nitrogens is 2. The third kappa shape index (κ3) is 4.91. The van der Waals surface area contributed by atoms with Crippen molar-refractivity contribution in [1.29, 1.82) is 0 Å². The molecule has 0 radical (unpaired) electrons. The molecule has 0 saturated heterocycles. The van der Waals surface area contributed by atoms with Crippen molar-refractivity contribution >= 4 is 29.4 Å². The number of benzene rings is 2. The van der Waals surface area contributed by atoms with E-state index in [-0.39, 0.29) is 17.7 Å². The highest BCUT2D eigenvalue weighted by Crippen LogP contribution is 2.35. The van der Waals surface area contributed by atoms with Crippen molar-refractivity contribution in [2.75, 3.05) is 13.7 Å². The normalized spacial score (nSPS) is 15.0. The molecule has 2 aromatic carbocycles. The third-order valence-corrected chi connectivity index (χ3v) is 8.06. The van der Waals surface area contributed by atoms with Crippen molar-refractivity contribution in [3.05, 3.63) is 114 Å². The predicted octanol–water partition coefficient (Wildman–Crippen LogP) is 3.91. The van der Waals surface area contributed by atoms with Gasteiger partial charge in [-0.3, -0.25) is 9.36 Å². The summed E-state index contributed by atoms with van der Waals surface area (Å²) in [5.74, 6) is -0.973. The Hall–Kier alpha value is -4.70. The third-order valence-electron chi connectivity index (χ3n) is 7.08. The Balaban J connectivity index is 1.68. The summed E-state index contributed by atoms with van der Waals surface area (Å²) in [6.45, 7) is 7.57. The number of fused-ring (bicyclic) bond motifs is 1. The molecule has 9 nitrogen and oxygen atoms in total. The van der Waals surface area contributed by atoms with Gasteiger partial charge < -0.3 is 19.1 Å². The molecule has 2 aromatic heterocycles. The molecule has 0 fully saturated rings. The molecular formula is C31H29N3O6S. The molecule has 0 bridgehead atoms. The van der Waals surface area contributed by atoms with Gasteiger partial charge in [-0.25, -0.2) is 14.6 Å². The molecule has 1 aliphatic rings. The van der Waals surface area contributed by atoms with E-state index in [9.17, 15) is 19.5 Å². The van der Waals surface area contributed by atoms with Crippen molar-refractivity contribution in [1.82, 2.24) is 9.13 Å². The molecule has 1 atom stereocenters. The minimum atomic E-state index is -0.985. The summed E-state index contributed by atoms with van der Waals surface area (Å²) in [6.07, 6.45) is 1.83. The maximum absolute atomic E-state index is 14.0. The van der Waals surface area contributed by atoms with Gasteiger partial charge in [-0.2, -0.15) is 0 Å². The summed E-state index contributed by atoms with van der Waals surface area (Å²) in [6, 6.07) is 15.1. The van der Waals surface area contributed by atoms with E-state index in [4.69, 9.17) is 9.47 Å². The number of carboxylic acid groups (broad SMARTS) is 1. The first-order valence-corrected chi connectivity index (χ1v) is 13.8. The van der Waals surface area contributed by atoms with Gasteiger partial charge in [-0.05, 0) is 75.7 Å². The second-order valence-electron chi connectivity index (χ2n) is 9.56. The van der Waals surface area contributed by atoms with E-state index in [0.717, 1.165) is 22.6 Å². The van der Waals surface area contributed by atoms with Crippen molar-refractivity contribution in [2.45, 2.75) is 33.7 Å². The molecule has 5 rings (SSSR count). The number of carbonyl (C=O) groups is 2. The maximum Gasteiger partial charge on any atom is 0.338 e. The molecule has 0 spiro atoms. The van der Waals surface area contributed by atoms with Gasteiger partial charge in [0.1, 0.15) is 11.8 Å². The molecule has 1 N–H and O–H groups in total. The Morgan fingerprint density at radius 1 is 1.10 bits per heavy atom. The van der Waals surface area contributed by atoms with Crippen LogP contribution < -0.4 is 19.6 Å². The van der Waals surface area contributed by atoms with E-state index in [1.165, 1.54) is 15.9 Å². The minimum Gasteiger partial charge on any atom is -0.496 e. The molecule has 0 amide bonds. The summed E-state index contributed by atoms with van der Waals surface area (Å²) in [4.78, 5) is 43.6. The van der Waals surface area contributed by atoms with Crippen LogP contribution in [-0.4, -0.2) is 39.9 Å². The lowest BCUT2D eigenvalue weighted by Gasteiger charge is -2.25. The summed E-state index contributed by atoms with van der Waals surface area (Å²) in [5.41, 5.74) is 4.82. The molecule has 41 heavy (non-hydrogen) atoms. The molecular weight excluding hydrogens is 542 g/mol. The van der Waals surface area contributed by atoms with Crippen LogP contribution in [0.3, 0.4) is 0 Å². The molecule has 4 aromatic rings. The Morgan fingerprint density at radius 3 is 2.46 bits per heavy atom. The topological polar surface area (TPSA) is 112 Å². The van der Waals surface area contributed by atoms with Gasteiger partial charge in [-0.15, -0.1) is 0 Å². The summed E-state index contributed by atoms with van der Waals surface area (Å²) >= 11 is 1.25. The second kappa shape index (κ2) is 11.1. The summed E-state index contributed by atoms with van der Waals surface area (Å²) in [7, 11) is 1.55. The second-order valence-corrected chi connectivity index (χ2v) is 10.6. The lowest BCUT2D eigenvalue weighted by molar-refractivity contribution is -0.139. The van der Waals surface area contributed by atoms with Gasteiger partial charge in [0.25, 0.3) is 5.56 Å². The van der Waals surface area contributed by atoms with Gasteiger partial charge >= 0.3 is 11.9 Å². The van der Waals surface area contributed by atoms with E-state index in [0.29, 0.717) is 31.9 Å². The first-order chi connectivity index (χ1) is 19.7. The number of rotatable bonds is 7. The van der Waals surface area contributed by atoms with Crippen LogP contribution in [0.1, 0.15) is 52.8 Å². The van der Waals surface area contributed by atoms with Crippen LogP contribution in [0, 0.1) is 13.8 Å². The fourth-order valence-corrected chi connectivity index (χ4v) is 6.24. The highest BCUT2D eigenvalue weighted by atomic mass is 32.1. The number of carboxylic acids is 1. The number of allylic oxidation sites excluding steroid dienone is 1. The van der Waals surface area contributed by atoms with Gasteiger partial charge in [-0.1, -0.05) is 29.5 Å². The SMILES string of the molecule is CCOC(=O)C1=C(C)N=c2s/c(=C/c3cc(C)n(-c4ccc(C(=O)O)cc4)c3C)c(=O)n2[C@H]1c1ccccc1OC.